The Balaban J connectivity index is 1.46. The van der Waals surface area contributed by atoms with E-state index >= 15 is 0 Å². The maximum atomic E-state index is 10.7. The molecule has 0 spiro atoms. The van der Waals surface area contributed by atoms with Crippen LogP contribution in [0.15, 0.2) is 91.0 Å². The van der Waals surface area contributed by atoms with E-state index in [2.05, 4.69) is 0 Å². The minimum absolute atomic E-state index is 0.184. The summed E-state index contributed by atoms with van der Waals surface area (Å²) in [5.41, 5.74) is 2.99. The Labute approximate surface area is 194 Å². The lowest BCUT2D eigenvalue weighted by Gasteiger charge is -2.42. The molecule has 3 aromatic carbocycles. The Hall–Kier alpha value is -2.58. The second kappa shape index (κ2) is 12.0. The van der Waals surface area contributed by atoms with E-state index in [9.17, 15) is 10.2 Å². The van der Waals surface area contributed by atoms with Gasteiger partial charge in [-0.25, -0.2) is 0 Å². The SMILES string of the molecule is OC1OC(COCc2ccccc2)[C@H](OCc2ccccc2)[C@@H](OCc2ccccc2)C1O. The van der Waals surface area contributed by atoms with E-state index in [0.29, 0.717) is 13.2 Å². The highest BCUT2D eigenvalue weighted by Gasteiger charge is 2.46. The monoisotopic (exact) mass is 450 g/mol. The van der Waals surface area contributed by atoms with Gasteiger partial charge in [-0.05, 0) is 16.7 Å². The molecule has 174 valence electrons. The summed E-state index contributed by atoms with van der Waals surface area (Å²) in [7, 11) is 0. The lowest BCUT2D eigenvalue weighted by Crippen LogP contribution is -2.60. The molecule has 5 atom stereocenters. The van der Waals surface area contributed by atoms with Crippen molar-refractivity contribution in [3.63, 3.8) is 0 Å². The molecule has 0 aliphatic carbocycles. The number of hydrogen-bond acceptors (Lipinski definition) is 6. The Kier molecular flexibility index (Phi) is 8.60. The van der Waals surface area contributed by atoms with Crippen molar-refractivity contribution in [3.8, 4) is 0 Å². The fourth-order valence-electron chi connectivity index (χ4n) is 3.84. The van der Waals surface area contributed by atoms with E-state index in [-0.39, 0.29) is 13.2 Å². The molecule has 0 radical (unpaired) electrons. The smallest absolute Gasteiger partial charge is 0.184 e. The standard InChI is InChI=1S/C27H30O6/c28-24-26(32-18-22-14-8-3-9-15-22)25(31-17-21-12-6-2-7-13-21)23(33-27(24)29)19-30-16-20-10-4-1-5-11-20/h1-15,23-29H,16-19H2/t23?,24?,25-,26-,27?/m0/s1. The number of aliphatic hydroxyl groups is 2. The maximum absolute atomic E-state index is 10.7. The van der Waals surface area contributed by atoms with Gasteiger partial charge in [0, 0.05) is 0 Å². The third-order valence-electron chi connectivity index (χ3n) is 5.60. The zero-order chi connectivity index (χ0) is 22.9. The molecule has 33 heavy (non-hydrogen) atoms. The highest BCUT2D eigenvalue weighted by atomic mass is 16.7. The van der Waals surface area contributed by atoms with E-state index in [1.54, 1.807) is 0 Å². The van der Waals surface area contributed by atoms with Crippen LogP contribution in [0.3, 0.4) is 0 Å². The number of ether oxygens (including phenoxy) is 4. The average molecular weight is 451 g/mol. The fraction of sp³-hybridized carbons (Fsp3) is 0.333. The number of aliphatic hydroxyl groups excluding tert-OH is 2. The molecule has 1 saturated heterocycles. The molecule has 4 rings (SSSR count). The van der Waals surface area contributed by atoms with Crippen molar-refractivity contribution in [1.29, 1.82) is 0 Å². The average Bonchev–Trinajstić information content (AvgIpc) is 2.86. The van der Waals surface area contributed by atoms with Gasteiger partial charge >= 0.3 is 0 Å². The van der Waals surface area contributed by atoms with Crippen LogP contribution in [-0.4, -0.2) is 47.5 Å². The molecule has 6 heteroatoms. The molecular weight excluding hydrogens is 420 g/mol. The first kappa shape index (κ1) is 23.6. The van der Waals surface area contributed by atoms with E-state index in [4.69, 9.17) is 18.9 Å². The predicted molar refractivity (Wildman–Crippen MR) is 123 cm³/mol. The van der Waals surface area contributed by atoms with Gasteiger partial charge in [0.25, 0.3) is 0 Å². The zero-order valence-corrected chi connectivity index (χ0v) is 18.4. The molecule has 2 N–H and O–H groups in total. The molecule has 3 aromatic rings. The van der Waals surface area contributed by atoms with Crippen molar-refractivity contribution in [2.75, 3.05) is 6.61 Å². The van der Waals surface area contributed by atoms with Gasteiger partial charge in [0.2, 0.25) is 0 Å². The van der Waals surface area contributed by atoms with Crippen LogP contribution in [0.1, 0.15) is 16.7 Å². The summed E-state index contributed by atoms with van der Waals surface area (Å²) in [6.45, 7) is 1.18. The number of rotatable bonds is 10. The van der Waals surface area contributed by atoms with Crippen molar-refractivity contribution in [1.82, 2.24) is 0 Å². The van der Waals surface area contributed by atoms with Crippen molar-refractivity contribution < 1.29 is 29.2 Å². The molecule has 0 amide bonds. The summed E-state index contributed by atoms with van der Waals surface area (Å²) in [6, 6.07) is 29.3. The quantitative estimate of drug-likeness (QED) is 0.493. The summed E-state index contributed by atoms with van der Waals surface area (Å²) >= 11 is 0. The van der Waals surface area contributed by atoms with Gasteiger partial charge in [-0.15, -0.1) is 0 Å². The topological polar surface area (TPSA) is 77.4 Å². The van der Waals surface area contributed by atoms with Crippen molar-refractivity contribution in [2.45, 2.75) is 50.5 Å². The van der Waals surface area contributed by atoms with E-state index < -0.39 is 30.7 Å². The summed E-state index contributed by atoms with van der Waals surface area (Å²) in [5, 5.41) is 21.1. The van der Waals surface area contributed by atoms with Crippen molar-refractivity contribution >= 4 is 0 Å². The molecule has 0 aromatic heterocycles. The van der Waals surface area contributed by atoms with E-state index in [1.165, 1.54) is 0 Å². The Morgan fingerprint density at radius 2 is 1.06 bits per heavy atom. The van der Waals surface area contributed by atoms with E-state index in [1.807, 2.05) is 91.0 Å². The molecule has 1 fully saturated rings. The van der Waals surface area contributed by atoms with Crippen LogP contribution in [0, 0.1) is 0 Å². The molecular formula is C27H30O6. The molecule has 6 nitrogen and oxygen atoms in total. The molecule has 0 bridgehead atoms. The lowest BCUT2D eigenvalue weighted by atomic mass is 9.98. The van der Waals surface area contributed by atoms with Gasteiger partial charge in [0.1, 0.15) is 24.4 Å². The van der Waals surface area contributed by atoms with Crippen molar-refractivity contribution in [2.24, 2.45) is 0 Å². The third-order valence-corrected chi connectivity index (χ3v) is 5.60. The third kappa shape index (κ3) is 6.71. The van der Waals surface area contributed by atoms with Crippen LogP contribution in [0.2, 0.25) is 0 Å². The van der Waals surface area contributed by atoms with Gasteiger partial charge in [-0.2, -0.15) is 0 Å². The minimum atomic E-state index is -1.40. The summed E-state index contributed by atoms with van der Waals surface area (Å²) < 4.78 is 23.9. The zero-order valence-electron chi connectivity index (χ0n) is 18.4. The van der Waals surface area contributed by atoms with Crippen molar-refractivity contribution in [3.05, 3.63) is 108 Å². The first-order chi connectivity index (χ1) is 16.2. The maximum Gasteiger partial charge on any atom is 0.184 e. The van der Waals surface area contributed by atoms with Crippen LogP contribution in [0.4, 0.5) is 0 Å². The molecule has 3 unspecified atom stereocenters. The number of benzene rings is 3. The molecule has 1 heterocycles. The second-order valence-corrected chi connectivity index (χ2v) is 8.08. The Morgan fingerprint density at radius 1 is 0.606 bits per heavy atom. The summed E-state index contributed by atoms with van der Waals surface area (Å²) in [4.78, 5) is 0. The molecule has 0 saturated carbocycles. The highest BCUT2D eigenvalue weighted by Crippen LogP contribution is 2.27. The molecule has 1 aliphatic heterocycles. The van der Waals surface area contributed by atoms with Crippen LogP contribution in [0.25, 0.3) is 0 Å². The first-order valence-corrected chi connectivity index (χ1v) is 11.1. The van der Waals surface area contributed by atoms with Crippen LogP contribution in [-0.2, 0) is 38.8 Å². The van der Waals surface area contributed by atoms with Gasteiger partial charge in [-0.1, -0.05) is 91.0 Å². The fourth-order valence-corrected chi connectivity index (χ4v) is 3.84. The molecule has 1 aliphatic rings. The van der Waals surface area contributed by atoms with Crippen LogP contribution < -0.4 is 0 Å². The number of hydrogen-bond donors (Lipinski definition) is 2. The van der Waals surface area contributed by atoms with Crippen LogP contribution >= 0.6 is 0 Å². The van der Waals surface area contributed by atoms with Crippen LogP contribution in [0.5, 0.6) is 0 Å². The van der Waals surface area contributed by atoms with Gasteiger partial charge < -0.3 is 29.2 Å². The lowest BCUT2D eigenvalue weighted by molar-refractivity contribution is -0.307. The van der Waals surface area contributed by atoms with E-state index in [0.717, 1.165) is 16.7 Å². The largest absolute Gasteiger partial charge is 0.385 e. The first-order valence-electron chi connectivity index (χ1n) is 11.1. The van der Waals surface area contributed by atoms with Gasteiger partial charge in [0.15, 0.2) is 6.29 Å². The van der Waals surface area contributed by atoms with Gasteiger partial charge in [-0.3, -0.25) is 0 Å². The Bertz CT molecular complexity index is 937. The van der Waals surface area contributed by atoms with Gasteiger partial charge in [0.05, 0.1) is 26.4 Å². The minimum Gasteiger partial charge on any atom is -0.385 e. The summed E-state index contributed by atoms with van der Waals surface area (Å²) in [6.07, 6.45) is -4.68. The Morgan fingerprint density at radius 3 is 1.58 bits per heavy atom. The summed E-state index contributed by atoms with van der Waals surface area (Å²) in [5.74, 6) is 0. The second-order valence-electron chi connectivity index (χ2n) is 8.08. The highest BCUT2D eigenvalue weighted by molar-refractivity contribution is 5.15. The predicted octanol–water partition coefficient (Wildman–Crippen LogP) is 3.45. The normalized spacial score (nSPS) is 25.1.